The van der Waals surface area contributed by atoms with E-state index in [1.807, 2.05) is 23.0 Å². The van der Waals surface area contributed by atoms with Gasteiger partial charge in [0.15, 0.2) is 31.0 Å². The van der Waals surface area contributed by atoms with Gasteiger partial charge in [-0.25, -0.2) is 5.32 Å². The summed E-state index contributed by atoms with van der Waals surface area (Å²) in [4.78, 5) is 0. The summed E-state index contributed by atoms with van der Waals surface area (Å²) in [7, 11) is 0. The van der Waals surface area contributed by atoms with Crippen LogP contribution in [0.3, 0.4) is 0 Å². The second kappa shape index (κ2) is 8.98. The summed E-state index contributed by atoms with van der Waals surface area (Å²) < 4.78 is 1.91. The first-order valence-electron chi connectivity index (χ1n) is 4.54. The number of hydrogen-bond donors (Lipinski definition) is 1. The molecule has 4 nitrogen and oxygen atoms in total. The molecule has 0 saturated carbocycles. The van der Waals surface area contributed by atoms with E-state index in [9.17, 15) is 0 Å². The second-order valence-corrected chi connectivity index (χ2v) is 2.68. The molecular formula is C12H13N4+. The van der Waals surface area contributed by atoms with Crippen molar-refractivity contribution in [2.24, 2.45) is 0 Å². The van der Waals surface area contributed by atoms with Crippen LogP contribution in [-0.2, 0) is 6.42 Å². The van der Waals surface area contributed by atoms with E-state index in [0.717, 1.165) is 6.42 Å². The van der Waals surface area contributed by atoms with Crippen molar-refractivity contribution in [3.63, 3.8) is 0 Å². The highest BCUT2D eigenvalue weighted by Crippen LogP contribution is 1.96. The van der Waals surface area contributed by atoms with Gasteiger partial charge in [0.1, 0.15) is 0 Å². The molecule has 1 aromatic heterocycles. The quantitative estimate of drug-likeness (QED) is 0.356. The zero-order chi connectivity index (χ0) is 12.2. The van der Waals surface area contributed by atoms with Crippen LogP contribution in [0.1, 0.15) is 5.56 Å². The molecule has 1 aromatic rings. The fraction of sp³-hybridized carbons (Fsp3) is 0.0833. The Bertz CT molecular complexity index is 394. The number of nitriles is 2. The lowest BCUT2D eigenvalue weighted by Crippen LogP contribution is -2.23. The van der Waals surface area contributed by atoms with Gasteiger partial charge in [0, 0.05) is 12.1 Å². The van der Waals surface area contributed by atoms with Gasteiger partial charge in [-0.05, 0) is 18.6 Å². The molecule has 0 bridgehead atoms. The number of allylic oxidation sites excluding steroid dienone is 1. The maximum Gasteiger partial charge on any atom is 0.190 e. The van der Waals surface area contributed by atoms with Gasteiger partial charge >= 0.3 is 0 Å². The van der Waals surface area contributed by atoms with Crippen molar-refractivity contribution in [3.8, 4) is 12.4 Å². The van der Waals surface area contributed by atoms with E-state index in [4.69, 9.17) is 10.5 Å². The van der Waals surface area contributed by atoms with E-state index in [0.29, 0.717) is 0 Å². The highest BCUT2D eigenvalue weighted by molar-refractivity contribution is 5.12. The minimum Gasteiger partial charge on any atom is -0.229 e. The SMILES string of the molecule is C=CCc1cc[n+](C=C)cc1.N#CNC#N. The lowest BCUT2D eigenvalue weighted by Gasteiger charge is -1.91. The third kappa shape index (κ3) is 5.95. The average molecular weight is 213 g/mol. The largest absolute Gasteiger partial charge is 0.229 e. The molecule has 0 radical (unpaired) electrons. The Labute approximate surface area is 95.4 Å². The molecule has 1 heterocycles. The topological polar surface area (TPSA) is 63.5 Å². The van der Waals surface area contributed by atoms with Crippen LogP contribution in [0.2, 0.25) is 0 Å². The lowest BCUT2D eigenvalue weighted by molar-refractivity contribution is -0.568. The van der Waals surface area contributed by atoms with Crippen molar-refractivity contribution in [2.75, 3.05) is 0 Å². The Kier molecular flexibility index (Phi) is 7.53. The molecule has 1 rings (SSSR count). The standard InChI is InChI=1S/C10H12N.C2HN3/c1-3-5-10-6-8-11(4-2)9-7-10;3-1-5-2-4/h3-4,6-9H,1-2,5H2;5H/q+1;. The number of hydrogen-bond acceptors (Lipinski definition) is 3. The molecule has 0 fully saturated rings. The van der Waals surface area contributed by atoms with Crippen LogP contribution in [0.25, 0.3) is 6.20 Å². The molecule has 16 heavy (non-hydrogen) atoms. The highest BCUT2D eigenvalue weighted by atomic mass is 14.9. The zero-order valence-corrected chi connectivity index (χ0v) is 8.93. The maximum absolute atomic E-state index is 7.48. The molecule has 80 valence electrons. The lowest BCUT2D eigenvalue weighted by atomic mass is 10.2. The van der Waals surface area contributed by atoms with Crippen LogP contribution in [0.5, 0.6) is 0 Å². The summed E-state index contributed by atoms with van der Waals surface area (Å²) >= 11 is 0. The summed E-state index contributed by atoms with van der Waals surface area (Å²) in [6.45, 7) is 7.32. The van der Waals surface area contributed by atoms with E-state index in [2.05, 4.69) is 25.3 Å². The van der Waals surface area contributed by atoms with Crippen molar-refractivity contribution in [1.29, 1.82) is 10.5 Å². The fourth-order valence-electron chi connectivity index (χ4n) is 0.918. The molecular weight excluding hydrogens is 200 g/mol. The molecule has 0 amide bonds. The van der Waals surface area contributed by atoms with E-state index in [1.54, 1.807) is 11.5 Å². The third-order valence-electron chi connectivity index (χ3n) is 1.62. The number of aromatic nitrogens is 1. The van der Waals surface area contributed by atoms with E-state index < -0.39 is 0 Å². The molecule has 4 heteroatoms. The van der Waals surface area contributed by atoms with Crippen LogP contribution in [0.4, 0.5) is 0 Å². The summed E-state index contributed by atoms with van der Waals surface area (Å²) in [5, 5.41) is 16.7. The van der Waals surface area contributed by atoms with Crippen molar-refractivity contribution in [3.05, 3.63) is 49.3 Å². The molecule has 0 saturated heterocycles. The highest BCUT2D eigenvalue weighted by Gasteiger charge is 1.93. The normalized spacial score (nSPS) is 7.38. The number of nitrogens with one attached hydrogen (secondary N) is 1. The Morgan fingerprint density at radius 1 is 1.25 bits per heavy atom. The molecule has 1 N–H and O–H groups in total. The molecule has 0 aliphatic carbocycles. The van der Waals surface area contributed by atoms with Crippen molar-refractivity contribution in [1.82, 2.24) is 5.32 Å². The smallest absolute Gasteiger partial charge is 0.190 e. The maximum atomic E-state index is 7.48. The van der Waals surface area contributed by atoms with Gasteiger partial charge in [0.2, 0.25) is 0 Å². The summed E-state index contributed by atoms with van der Waals surface area (Å²) in [6.07, 6.45) is 11.4. The Balaban J connectivity index is 0.000000385. The van der Waals surface area contributed by atoms with Gasteiger partial charge in [0.25, 0.3) is 0 Å². The van der Waals surface area contributed by atoms with Crippen molar-refractivity contribution < 1.29 is 4.57 Å². The van der Waals surface area contributed by atoms with Gasteiger partial charge in [-0.1, -0.05) is 6.08 Å². The molecule has 0 aliphatic rings. The van der Waals surface area contributed by atoms with E-state index >= 15 is 0 Å². The number of pyridine rings is 1. The van der Waals surface area contributed by atoms with Crippen LogP contribution in [0, 0.1) is 22.9 Å². The predicted octanol–water partition coefficient (Wildman–Crippen LogP) is 1.34. The zero-order valence-electron chi connectivity index (χ0n) is 8.93. The summed E-state index contributed by atoms with van der Waals surface area (Å²) in [5.74, 6) is 0. The van der Waals surface area contributed by atoms with Gasteiger partial charge in [0.05, 0.1) is 0 Å². The fourth-order valence-corrected chi connectivity index (χ4v) is 0.918. The van der Waals surface area contributed by atoms with Crippen LogP contribution in [-0.4, -0.2) is 0 Å². The summed E-state index contributed by atoms with van der Waals surface area (Å²) in [5.41, 5.74) is 1.28. The average Bonchev–Trinajstić information content (AvgIpc) is 2.32. The number of rotatable bonds is 3. The van der Waals surface area contributed by atoms with Gasteiger partial charge < -0.3 is 0 Å². The van der Waals surface area contributed by atoms with Gasteiger partial charge in [-0.3, -0.25) is 0 Å². The Morgan fingerprint density at radius 2 is 1.81 bits per heavy atom. The van der Waals surface area contributed by atoms with Crippen molar-refractivity contribution in [2.45, 2.75) is 6.42 Å². The monoisotopic (exact) mass is 213 g/mol. The van der Waals surface area contributed by atoms with Gasteiger partial charge in [-0.15, -0.1) is 6.58 Å². The Hall–Kier alpha value is -2.59. The molecule has 0 spiro atoms. The second-order valence-electron chi connectivity index (χ2n) is 2.68. The van der Waals surface area contributed by atoms with E-state index in [-0.39, 0.29) is 0 Å². The molecule has 0 aromatic carbocycles. The minimum atomic E-state index is 0.929. The molecule has 0 unspecified atom stereocenters. The first kappa shape index (κ1) is 13.4. The van der Waals surface area contributed by atoms with Crippen LogP contribution >= 0.6 is 0 Å². The Morgan fingerprint density at radius 3 is 2.12 bits per heavy atom. The predicted molar refractivity (Wildman–Crippen MR) is 61.3 cm³/mol. The molecule has 0 aliphatic heterocycles. The van der Waals surface area contributed by atoms with Crippen LogP contribution < -0.4 is 9.88 Å². The van der Waals surface area contributed by atoms with E-state index in [1.165, 1.54) is 17.9 Å². The minimum absolute atomic E-state index is 0.929. The van der Waals surface area contributed by atoms with Crippen molar-refractivity contribution >= 4 is 6.20 Å². The summed E-state index contributed by atoms with van der Waals surface area (Å²) in [6, 6.07) is 4.12. The van der Waals surface area contributed by atoms with Crippen LogP contribution in [0.15, 0.2) is 43.8 Å². The van der Waals surface area contributed by atoms with Gasteiger partial charge in [-0.2, -0.15) is 15.1 Å². The first-order chi connectivity index (χ1) is 7.78. The molecule has 0 atom stereocenters. The third-order valence-corrected chi connectivity index (χ3v) is 1.62. The number of nitrogens with zero attached hydrogens (tertiary/aromatic N) is 3. The first-order valence-corrected chi connectivity index (χ1v) is 4.54.